The van der Waals surface area contributed by atoms with E-state index in [2.05, 4.69) is 47.4 Å². The molecule has 0 heterocycles. The van der Waals surface area contributed by atoms with E-state index in [0.29, 0.717) is 22.3 Å². The van der Waals surface area contributed by atoms with Crippen molar-refractivity contribution >= 4 is 0 Å². The van der Waals surface area contributed by atoms with Crippen molar-refractivity contribution in [2.75, 3.05) is 0 Å². The van der Waals surface area contributed by atoms with Crippen LogP contribution in [-0.4, -0.2) is 12.4 Å². The minimum atomic E-state index is -5.85. The fourth-order valence-electron chi connectivity index (χ4n) is 5.61. The molecule has 6 rings (SSSR count). The van der Waals surface area contributed by atoms with E-state index in [4.69, 9.17) is 0 Å². The van der Waals surface area contributed by atoms with Crippen LogP contribution in [-0.2, 0) is 5.41 Å². The number of hydrogen-bond acceptors (Lipinski definition) is 0. The molecule has 0 saturated heterocycles. The zero-order valence-electron chi connectivity index (χ0n) is 27.8. The largest absolute Gasteiger partial charge is 0.411 e. The maximum atomic E-state index is 15.5. The number of hydrogen-bond donors (Lipinski definition) is 0. The molecule has 0 N–H and O–H groups in total. The minimum absolute atomic E-state index is 0.0953. The van der Waals surface area contributed by atoms with Gasteiger partial charge in [-0.15, -0.1) is 0 Å². The van der Waals surface area contributed by atoms with Crippen molar-refractivity contribution in [1.29, 1.82) is 0 Å². The monoisotopic (exact) mass is 704 g/mol. The van der Waals surface area contributed by atoms with Gasteiger partial charge in [0.1, 0.15) is 0 Å². The fourth-order valence-corrected chi connectivity index (χ4v) is 5.61. The van der Waals surface area contributed by atoms with Crippen molar-refractivity contribution < 1.29 is 26.3 Å². The Balaban J connectivity index is 1.59. The van der Waals surface area contributed by atoms with Crippen molar-refractivity contribution in [3.8, 4) is 47.4 Å². The van der Waals surface area contributed by atoms with Crippen LogP contribution >= 0.6 is 0 Å². The molecule has 0 amide bonds. The average molecular weight is 705 g/mol. The number of alkyl halides is 6. The second-order valence-electron chi connectivity index (χ2n) is 11.7. The third-order valence-electron chi connectivity index (χ3n) is 8.22. The first kappa shape index (κ1) is 35.9. The van der Waals surface area contributed by atoms with E-state index in [1.807, 2.05) is 0 Å². The van der Waals surface area contributed by atoms with Gasteiger partial charge in [-0.3, -0.25) is 0 Å². The topological polar surface area (TPSA) is 0 Å². The van der Waals surface area contributed by atoms with Gasteiger partial charge in [0.05, 0.1) is 0 Å². The first-order valence-corrected chi connectivity index (χ1v) is 16.3. The summed E-state index contributed by atoms with van der Waals surface area (Å²) < 4.78 is 93.0. The van der Waals surface area contributed by atoms with Gasteiger partial charge >= 0.3 is 12.4 Å². The van der Waals surface area contributed by atoms with Gasteiger partial charge in [0, 0.05) is 44.5 Å². The average Bonchev–Trinajstić information content (AvgIpc) is 3.16. The lowest BCUT2D eigenvalue weighted by atomic mass is 9.71. The first-order chi connectivity index (χ1) is 25.5. The first-order valence-electron chi connectivity index (χ1n) is 16.3. The summed E-state index contributed by atoms with van der Waals surface area (Å²) in [6, 6.07) is 40.4. The molecule has 0 nitrogen and oxygen atoms in total. The summed E-state index contributed by atoms with van der Waals surface area (Å²) in [6.45, 7) is 0. The Kier molecular flexibility index (Phi) is 10.6. The van der Waals surface area contributed by atoms with Crippen molar-refractivity contribution in [3.63, 3.8) is 0 Å². The van der Waals surface area contributed by atoms with Gasteiger partial charge in [0.2, 0.25) is 5.41 Å². The Morgan fingerprint density at radius 1 is 0.283 bits per heavy atom. The molecular formula is C47H26F6. The standard InChI is InChI=1S/C47H26F6/c48-46(49,50)45(47(51,52)53,43-31-29-39(25-21-35-13-5-1-6-14-35)41(33-43)27-23-37-17-9-3-10-18-37)44-32-30-40(26-22-36-15-7-2-8-16-36)42(34-44)28-24-38-19-11-4-12-20-38/h1-20,29-34H. The van der Waals surface area contributed by atoms with Gasteiger partial charge in [-0.05, 0) is 83.9 Å². The second kappa shape index (κ2) is 15.6. The Labute approximate surface area is 304 Å². The number of benzene rings is 6. The summed E-state index contributed by atoms with van der Waals surface area (Å²) in [7, 11) is 0. The van der Waals surface area contributed by atoms with Gasteiger partial charge in [0.25, 0.3) is 0 Å². The number of halogens is 6. The van der Waals surface area contributed by atoms with Crippen LogP contribution in [0.15, 0.2) is 158 Å². The highest BCUT2D eigenvalue weighted by atomic mass is 19.4. The SMILES string of the molecule is FC(F)(F)C(c1ccc(C#Cc2ccccc2)c(C#Cc2ccccc2)c1)(c1ccc(C#Cc2ccccc2)c(C#Cc2ccccc2)c1)C(F)(F)F. The molecule has 0 bridgehead atoms. The molecule has 0 aliphatic rings. The van der Waals surface area contributed by atoms with Crippen LogP contribution in [0.1, 0.15) is 55.6 Å². The Morgan fingerprint density at radius 3 is 0.811 bits per heavy atom. The molecule has 0 aromatic heterocycles. The van der Waals surface area contributed by atoms with E-state index < -0.39 is 28.9 Å². The molecule has 0 radical (unpaired) electrons. The third kappa shape index (κ3) is 8.21. The van der Waals surface area contributed by atoms with E-state index in [-0.39, 0.29) is 22.3 Å². The maximum Gasteiger partial charge on any atom is 0.411 e. The van der Waals surface area contributed by atoms with Crippen LogP contribution < -0.4 is 0 Å². The Bertz CT molecular complexity index is 2290. The molecule has 0 aliphatic heterocycles. The predicted molar refractivity (Wildman–Crippen MR) is 195 cm³/mol. The quantitative estimate of drug-likeness (QED) is 0.124. The van der Waals surface area contributed by atoms with Crippen LogP contribution in [0.5, 0.6) is 0 Å². The molecule has 0 saturated carbocycles. The highest BCUT2D eigenvalue weighted by Crippen LogP contribution is 2.56. The summed E-state index contributed by atoms with van der Waals surface area (Å²) in [4.78, 5) is 0. The minimum Gasteiger partial charge on any atom is -0.169 e. The lowest BCUT2D eigenvalue weighted by Gasteiger charge is -2.38. The van der Waals surface area contributed by atoms with Crippen LogP contribution in [0.4, 0.5) is 26.3 Å². The highest BCUT2D eigenvalue weighted by Gasteiger charge is 2.72. The predicted octanol–water partition coefficient (Wildman–Crippen LogP) is 10.7. The number of rotatable bonds is 2. The molecule has 6 aromatic rings. The lowest BCUT2D eigenvalue weighted by molar-refractivity contribution is -0.288. The molecule has 53 heavy (non-hydrogen) atoms. The highest BCUT2D eigenvalue weighted by molar-refractivity contribution is 5.61. The van der Waals surface area contributed by atoms with Crippen LogP contribution in [0.3, 0.4) is 0 Å². The third-order valence-corrected chi connectivity index (χ3v) is 8.22. The molecule has 256 valence electrons. The normalized spacial score (nSPS) is 11.0. The molecular weight excluding hydrogens is 679 g/mol. The summed E-state index contributed by atoms with van der Waals surface area (Å²) >= 11 is 0. The molecule has 0 spiro atoms. The van der Waals surface area contributed by atoms with Crippen molar-refractivity contribution in [3.05, 3.63) is 213 Å². The molecule has 6 heteroatoms. The van der Waals surface area contributed by atoms with Crippen molar-refractivity contribution in [1.82, 2.24) is 0 Å². The van der Waals surface area contributed by atoms with E-state index in [9.17, 15) is 0 Å². The lowest BCUT2D eigenvalue weighted by Crippen LogP contribution is -2.54. The van der Waals surface area contributed by atoms with Gasteiger partial charge in [0.15, 0.2) is 0 Å². The molecule has 6 aromatic carbocycles. The summed E-state index contributed by atoms with van der Waals surface area (Å²) in [6.07, 6.45) is -11.7. The van der Waals surface area contributed by atoms with Gasteiger partial charge in [-0.2, -0.15) is 26.3 Å². The molecule has 0 aliphatic carbocycles. The van der Waals surface area contributed by atoms with Crippen LogP contribution in [0.25, 0.3) is 0 Å². The molecule has 0 fully saturated rings. The van der Waals surface area contributed by atoms with Gasteiger partial charge < -0.3 is 0 Å². The Hall–Kier alpha value is -6.86. The summed E-state index contributed by atoms with van der Waals surface area (Å²) in [5.41, 5.74) is -4.20. The Morgan fingerprint density at radius 2 is 0.547 bits per heavy atom. The zero-order valence-corrected chi connectivity index (χ0v) is 27.8. The summed E-state index contributed by atoms with van der Waals surface area (Å²) in [5.74, 6) is 22.9. The molecule has 0 unspecified atom stereocenters. The van der Waals surface area contributed by atoms with E-state index in [0.717, 1.165) is 36.4 Å². The van der Waals surface area contributed by atoms with Crippen molar-refractivity contribution in [2.45, 2.75) is 17.8 Å². The molecule has 0 atom stereocenters. The van der Waals surface area contributed by atoms with Crippen LogP contribution in [0, 0.1) is 47.4 Å². The zero-order chi connectivity index (χ0) is 37.3. The van der Waals surface area contributed by atoms with E-state index >= 15 is 26.3 Å². The van der Waals surface area contributed by atoms with E-state index in [1.54, 1.807) is 121 Å². The second-order valence-corrected chi connectivity index (χ2v) is 11.7. The van der Waals surface area contributed by atoms with E-state index in [1.165, 1.54) is 0 Å². The maximum absolute atomic E-state index is 15.5. The summed E-state index contributed by atoms with van der Waals surface area (Å²) in [5, 5.41) is 0. The fraction of sp³-hybridized carbons (Fsp3) is 0.0638. The van der Waals surface area contributed by atoms with Gasteiger partial charge in [-0.25, -0.2) is 0 Å². The van der Waals surface area contributed by atoms with Gasteiger partial charge in [-0.1, -0.05) is 132 Å². The van der Waals surface area contributed by atoms with Crippen molar-refractivity contribution in [2.24, 2.45) is 0 Å². The smallest absolute Gasteiger partial charge is 0.169 e. The van der Waals surface area contributed by atoms with Crippen LogP contribution in [0.2, 0.25) is 0 Å².